The summed E-state index contributed by atoms with van der Waals surface area (Å²) >= 11 is 14.4. The third kappa shape index (κ3) is 10.3. The van der Waals surface area contributed by atoms with Crippen LogP contribution in [0.1, 0.15) is 20.7 Å². The Kier molecular flexibility index (Phi) is 15.0. The molecule has 31 heteroatoms. The number of alkyl halides is 3. The number of aromatic nitrogens is 6. The van der Waals surface area contributed by atoms with Crippen LogP contribution in [-0.4, -0.2) is 74.6 Å². The van der Waals surface area contributed by atoms with Gasteiger partial charge in [-0.1, -0.05) is 34.8 Å². The van der Waals surface area contributed by atoms with E-state index in [4.69, 9.17) is 82.2 Å². The van der Waals surface area contributed by atoms with Gasteiger partial charge in [-0.3, -0.25) is 0 Å². The third-order valence-electron chi connectivity index (χ3n) is 7.95. The standard InChI is InChI=1S/C36H16F10N6O12.CHCl3/c1-55-29(53)9-5-11-25(63-27-21(43)17(39)15(37)18(40)22(27)44)12(6-9)60-34-48-32(58-4)50-36(52-34)62-14-8-10(30(54)56-2)7-13(61-35-49-31(57-3)47-33(51-35)59-11)26(14)64-28-23(45)19(41)16(38)20(42)24(28)46;2-1(3)4/h5-8H,1-4H3;1H. The van der Waals surface area contributed by atoms with Crippen molar-refractivity contribution in [3.63, 3.8) is 0 Å². The van der Waals surface area contributed by atoms with Gasteiger partial charge >= 0.3 is 48.0 Å². The second-order valence-corrected chi connectivity index (χ2v) is 14.0. The van der Waals surface area contributed by atoms with E-state index in [9.17, 15) is 35.9 Å². The molecule has 0 amide bonds. The van der Waals surface area contributed by atoms with Crippen LogP contribution in [0.25, 0.3) is 0 Å². The van der Waals surface area contributed by atoms with Gasteiger partial charge in [-0.15, -0.1) is 29.9 Å². The Bertz CT molecular complexity index is 2660. The lowest BCUT2D eigenvalue weighted by atomic mass is 10.1. The number of benzene rings is 4. The number of hydrogen-bond acceptors (Lipinski definition) is 18. The molecule has 4 aromatic carbocycles. The number of carbonyl (C=O) groups is 2. The first kappa shape index (κ1) is 49.8. The molecule has 0 saturated heterocycles. The summed E-state index contributed by atoms with van der Waals surface area (Å²) in [4.78, 5) is 48.6. The van der Waals surface area contributed by atoms with Crippen LogP contribution < -0.4 is 37.9 Å². The molecule has 7 rings (SSSR count). The van der Waals surface area contributed by atoms with Crippen molar-refractivity contribution in [2.24, 2.45) is 0 Å². The number of fused-ring (bicyclic) bond motifs is 8. The van der Waals surface area contributed by atoms with Crippen LogP contribution in [0.5, 0.6) is 82.1 Å². The van der Waals surface area contributed by atoms with Crippen molar-refractivity contribution in [1.82, 2.24) is 29.9 Å². The van der Waals surface area contributed by atoms with Gasteiger partial charge in [0.2, 0.25) is 81.2 Å². The largest absolute Gasteiger partial charge is 0.467 e. The number of nitrogens with zero attached hydrogens (tertiary/aromatic N) is 6. The maximum absolute atomic E-state index is 15.1. The second-order valence-electron chi connectivity index (χ2n) is 12.0. The molecular weight excluding hydrogens is 1020 g/mol. The average molecular weight is 1030 g/mol. The van der Waals surface area contributed by atoms with Crippen LogP contribution >= 0.6 is 34.8 Å². The summed E-state index contributed by atoms with van der Waals surface area (Å²) in [6.45, 7) is 0. The van der Waals surface area contributed by atoms with Crippen molar-refractivity contribution in [2.45, 2.75) is 4.30 Å². The Hall–Kier alpha value is -7.59. The van der Waals surface area contributed by atoms with Gasteiger partial charge in [-0.05, 0) is 24.3 Å². The summed E-state index contributed by atoms with van der Waals surface area (Å²) in [7, 11) is 3.75. The first-order valence-corrected chi connectivity index (χ1v) is 18.7. The molecule has 3 heterocycles. The minimum atomic E-state index is -2.57. The van der Waals surface area contributed by atoms with Crippen molar-refractivity contribution in [3.8, 4) is 82.1 Å². The highest BCUT2D eigenvalue weighted by molar-refractivity contribution is 6.63. The molecule has 8 bridgehead atoms. The molecule has 0 radical (unpaired) electrons. The van der Waals surface area contributed by atoms with Gasteiger partial charge in [-0.25, -0.2) is 35.9 Å². The highest BCUT2D eigenvalue weighted by Gasteiger charge is 2.34. The van der Waals surface area contributed by atoms with Crippen molar-refractivity contribution in [1.29, 1.82) is 0 Å². The Labute approximate surface area is 385 Å². The normalized spacial score (nSPS) is 11.4. The SMILES string of the molecule is COC(=O)c1cc2c(Oc3c(F)c(F)c(F)c(F)c3F)c(c1)Oc1nc(OC)nc(n1)Oc1cc(C(=O)OC)cc(c1Oc1c(F)c(F)c(F)c(F)c1F)Oc1nc(OC)nc(n1)O2.ClC(Cl)Cl. The monoisotopic (exact) mass is 1030 g/mol. The fourth-order valence-electron chi connectivity index (χ4n) is 5.08. The minimum Gasteiger partial charge on any atom is -0.467 e. The molecule has 68 heavy (non-hydrogen) atoms. The molecule has 0 atom stereocenters. The smallest absolute Gasteiger partial charge is 0.338 e. The zero-order valence-electron chi connectivity index (χ0n) is 33.4. The van der Waals surface area contributed by atoms with Crippen LogP contribution in [0.3, 0.4) is 0 Å². The van der Waals surface area contributed by atoms with Gasteiger partial charge < -0.3 is 47.4 Å². The van der Waals surface area contributed by atoms with Crippen LogP contribution in [0.4, 0.5) is 43.9 Å². The number of methoxy groups -OCH3 is 4. The number of halogens is 13. The van der Waals surface area contributed by atoms with Crippen LogP contribution in [-0.2, 0) is 9.47 Å². The molecule has 6 aromatic rings. The van der Waals surface area contributed by atoms with Crippen LogP contribution in [0.2, 0.25) is 0 Å². The predicted molar refractivity (Wildman–Crippen MR) is 203 cm³/mol. The maximum atomic E-state index is 15.1. The number of rotatable bonds is 8. The van der Waals surface area contributed by atoms with E-state index in [0.29, 0.717) is 24.3 Å². The highest BCUT2D eigenvalue weighted by atomic mass is 35.6. The molecule has 0 saturated carbocycles. The second kappa shape index (κ2) is 20.5. The van der Waals surface area contributed by atoms with Gasteiger partial charge in [0.25, 0.3) is 0 Å². The summed E-state index contributed by atoms with van der Waals surface area (Å²) < 4.78 is 198. The Morgan fingerprint density at radius 1 is 0.426 bits per heavy atom. The maximum Gasteiger partial charge on any atom is 0.338 e. The average Bonchev–Trinajstić information content (AvgIpc) is 3.31. The molecule has 18 nitrogen and oxygen atoms in total. The number of ether oxygens (including phenoxy) is 10. The first-order valence-electron chi connectivity index (χ1n) is 17.3. The summed E-state index contributed by atoms with van der Waals surface area (Å²) in [6.07, 6.45) is 0. The molecule has 1 aliphatic rings. The van der Waals surface area contributed by atoms with Crippen molar-refractivity contribution >= 4 is 46.7 Å². The van der Waals surface area contributed by atoms with E-state index in [1.165, 1.54) is 0 Å². The number of esters is 2. The molecule has 0 unspecified atom stereocenters. The first-order chi connectivity index (χ1) is 32.2. The van der Waals surface area contributed by atoms with E-state index in [-0.39, 0.29) is 0 Å². The van der Waals surface area contributed by atoms with E-state index >= 15 is 17.6 Å². The fraction of sp³-hybridized carbons (Fsp3) is 0.135. The van der Waals surface area contributed by atoms with Gasteiger partial charge in [0.05, 0.1) is 39.6 Å². The van der Waals surface area contributed by atoms with Gasteiger partial charge in [0, 0.05) is 0 Å². The lowest BCUT2D eigenvalue weighted by Crippen LogP contribution is -2.10. The zero-order valence-corrected chi connectivity index (χ0v) is 35.7. The van der Waals surface area contributed by atoms with Crippen LogP contribution in [0, 0.1) is 58.2 Å². The molecule has 0 spiro atoms. The summed E-state index contributed by atoms with van der Waals surface area (Å²) in [5.74, 6) is -37.5. The highest BCUT2D eigenvalue weighted by Crippen LogP contribution is 2.49. The van der Waals surface area contributed by atoms with Crippen molar-refractivity contribution in [3.05, 3.63) is 93.6 Å². The topological polar surface area (TPSA) is 204 Å². The van der Waals surface area contributed by atoms with E-state index in [0.717, 1.165) is 28.4 Å². The molecule has 1 aliphatic heterocycles. The van der Waals surface area contributed by atoms with Gasteiger partial charge in [0.15, 0.2) is 27.3 Å². The molecule has 2 aromatic heterocycles. The zero-order chi connectivity index (χ0) is 49.9. The third-order valence-corrected chi connectivity index (χ3v) is 7.95. The van der Waals surface area contributed by atoms with E-state index < -0.39 is 168 Å². The Balaban J connectivity index is 0.00000183. The Morgan fingerprint density at radius 2 is 0.662 bits per heavy atom. The summed E-state index contributed by atoms with van der Waals surface area (Å²) in [6, 6.07) is -2.85. The van der Waals surface area contributed by atoms with Gasteiger partial charge in [0.1, 0.15) is 0 Å². The van der Waals surface area contributed by atoms with Crippen molar-refractivity contribution < 1.29 is 101 Å². The molecular formula is C37H17Cl3F10N6O12. The lowest BCUT2D eigenvalue weighted by Gasteiger charge is -2.19. The summed E-state index contributed by atoms with van der Waals surface area (Å²) in [5, 5.41) is 0. The van der Waals surface area contributed by atoms with E-state index in [2.05, 4.69) is 29.9 Å². The molecule has 0 N–H and O–H groups in total. The molecule has 0 fully saturated rings. The summed E-state index contributed by atoms with van der Waals surface area (Å²) in [5.41, 5.74) is -1.12. The quantitative estimate of drug-likeness (QED) is 0.0456. The fourth-order valence-corrected chi connectivity index (χ4v) is 5.08. The number of carbonyl (C=O) groups excluding carboxylic acids is 2. The van der Waals surface area contributed by atoms with Gasteiger partial charge in [-0.2, -0.15) is 17.6 Å². The van der Waals surface area contributed by atoms with E-state index in [1.807, 2.05) is 0 Å². The number of hydrogen-bond donors (Lipinski definition) is 0. The Morgan fingerprint density at radius 3 is 0.882 bits per heavy atom. The minimum absolute atomic E-state index is 0.561. The molecule has 0 aliphatic carbocycles. The molecule has 358 valence electrons. The predicted octanol–water partition coefficient (Wildman–Crippen LogP) is 10.1. The van der Waals surface area contributed by atoms with E-state index in [1.54, 1.807) is 0 Å². The van der Waals surface area contributed by atoms with Crippen molar-refractivity contribution in [2.75, 3.05) is 28.4 Å². The lowest BCUT2D eigenvalue weighted by molar-refractivity contribution is 0.0591. The van der Waals surface area contributed by atoms with Crippen LogP contribution in [0.15, 0.2) is 24.3 Å².